The predicted molar refractivity (Wildman–Crippen MR) is 58.8 cm³/mol. The van der Waals surface area contributed by atoms with Crippen LogP contribution >= 0.6 is 0 Å². The van der Waals surface area contributed by atoms with Crippen molar-refractivity contribution in [3.63, 3.8) is 0 Å². The maximum Gasteiger partial charge on any atom is 0.130 e. The first-order valence-electron chi connectivity index (χ1n) is 5.44. The minimum atomic E-state index is -0.630. The molecule has 0 aliphatic rings. The molecule has 0 saturated carbocycles. The van der Waals surface area contributed by atoms with Crippen molar-refractivity contribution in [2.45, 2.75) is 32.6 Å². The molecule has 2 unspecified atom stereocenters. The average molecular weight is 223 g/mol. The topological polar surface area (TPSA) is 23.8 Å². The third-order valence-electron chi connectivity index (χ3n) is 2.75. The summed E-state index contributed by atoms with van der Waals surface area (Å²) in [7, 11) is 0. The highest BCUT2D eigenvalue weighted by Gasteiger charge is 2.21. The molecule has 0 aromatic heterocycles. The minimum Gasteiger partial charge on any atom is -0.207 e. The molecule has 2 atom stereocenters. The normalized spacial score (nSPS) is 14.2. The van der Waals surface area contributed by atoms with Gasteiger partial charge < -0.3 is 0 Å². The van der Waals surface area contributed by atoms with Crippen molar-refractivity contribution in [1.29, 1.82) is 5.26 Å². The smallest absolute Gasteiger partial charge is 0.130 e. The summed E-state index contributed by atoms with van der Waals surface area (Å²) in [6, 6.07) is 5.49. The molecule has 0 saturated heterocycles. The molecule has 0 bridgehead atoms. The molecule has 0 heterocycles. The van der Waals surface area contributed by atoms with E-state index in [2.05, 4.69) is 6.07 Å². The summed E-state index contributed by atoms with van der Waals surface area (Å²) in [6.45, 7) is 3.94. The first-order valence-corrected chi connectivity index (χ1v) is 5.44. The van der Waals surface area contributed by atoms with Gasteiger partial charge in [-0.1, -0.05) is 26.3 Å². The number of halogens is 2. The van der Waals surface area contributed by atoms with E-state index in [0.29, 0.717) is 5.56 Å². The zero-order valence-corrected chi connectivity index (χ0v) is 9.50. The van der Waals surface area contributed by atoms with Crippen LogP contribution in [0.3, 0.4) is 0 Å². The lowest BCUT2D eigenvalue weighted by Crippen LogP contribution is -2.09. The molecule has 0 aliphatic carbocycles. The SMILES string of the molecule is CCCC(C)C(C#N)c1ccc(F)cc1F. The molecule has 1 aromatic carbocycles. The molecule has 0 radical (unpaired) electrons. The fourth-order valence-electron chi connectivity index (χ4n) is 1.88. The number of hydrogen-bond acceptors (Lipinski definition) is 1. The van der Waals surface area contributed by atoms with Crippen LogP contribution in [0.5, 0.6) is 0 Å². The zero-order valence-electron chi connectivity index (χ0n) is 9.50. The lowest BCUT2D eigenvalue weighted by atomic mass is 9.85. The lowest BCUT2D eigenvalue weighted by Gasteiger charge is -2.17. The maximum atomic E-state index is 13.5. The van der Waals surface area contributed by atoms with Gasteiger partial charge in [0.05, 0.1) is 12.0 Å². The highest BCUT2D eigenvalue weighted by atomic mass is 19.1. The van der Waals surface area contributed by atoms with Crippen LogP contribution in [0, 0.1) is 28.9 Å². The van der Waals surface area contributed by atoms with E-state index in [4.69, 9.17) is 5.26 Å². The molecule has 3 heteroatoms. The van der Waals surface area contributed by atoms with E-state index in [0.717, 1.165) is 18.9 Å². The van der Waals surface area contributed by atoms with Crippen LogP contribution in [0.4, 0.5) is 8.78 Å². The molecule has 0 amide bonds. The Labute approximate surface area is 94.7 Å². The van der Waals surface area contributed by atoms with Crippen molar-refractivity contribution in [2.75, 3.05) is 0 Å². The van der Waals surface area contributed by atoms with Crippen LogP contribution < -0.4 is 0 Å². The Kier molecular flexibility index (Phi) is 4.42. The fraction of sp³-hybridized carbons (Fsp3) is 0.462. The summed E-state index contributed by atoms with van der Waals surface area (Å²) in [4.78, 5) is 0. The van der Waals surface area contributed by atoms with Gasteiger partial charge in [0, 0.05) is 11.6 Å². The molecule has 86 valence electrons. The van der Waals surface area contributed by atoms with Crippen LogP contribution in [-0.4, -0.2) is 0 Å². The van der Waals surface area contributed by atoms with Crippen molar-refractivity contribution in [1.82, 2.24) is 0 Å². The van der Waals surface area contributed by atoms with Gasteiger partial charge in [-0.05, 0) is 18.4 Å². The molecule has 0 spiro atoms. The summed E-state index contributed by atoms with van der Waals surface area (Å²) in [6.07, 6.45) is 1.80. The monoisotopic (exact) mass is 223 g/mol. The number of rotatable bonds is 4. The van der Waals surface area contributed by atoms with Crippen molar-refractivity contribution < 1.29 is 8.78 Å². The van der Waals surface area contributed by atoms with Crippen LogP contribution in [0.25, 0.3) is 0 Å². The second kappa shape index (κ2) is 5.60. The molecular formula is C13H15F2N. The summed E-state index contributed by atoms with van der Waals surface area (Å²) in [5.74, 6) is -1.66. The second-order valence-electron chi connectivity index (χ2n) is 4.04. The molecule has 0 fully saturated rings. The van der Waals surface area contributed by atoms with E-state index >= 15 is 0 Å². The van der Waals surface area contributed by atoms with E-state index in [1.54, 1.807) is 0 Å². The van der Waals surface area contributed by atoms with Gasteiger partial charge in [0.25, 0.3) is 0 Å². The first-order chi connectivity index (χ1) is 7.60. The van der Waals surface area contributed by atoms with Crippen molar-refractivity contribution in [3.8, 4) is 6.07 Å². The molecule has 0 N–H and O–H groups in total. The third-order valence-corrected chi connectivity index (χ3v) is 2.75. The Morgan fingerprint density at radius 1 is 1.38 bits per heavy atom. The Bertz CT molecular complexity index is 395. The number of nitriles is 1. The van der Waals surface area contributed by atoms with Crippen LogP contribution in [0.1, 0.15) is 38.2 Å². The van der Waals surface area contributed by atoms with Crippen molar-refractivity contribution in [2.24, 2.45) is 5.92 Å². The van der Waals surface area contributed by atoms with E-state index < -0.39 is 17.6 Å². The highest BCUT2D eigenvalue weighted by molar-refractivity contribution is 5.27. The molecular weight excluding hydrogens is 208 g/mol. The second-order valence-corrected chi connectivity index (χ2v) is 4.04. The average Bonchev–Trinajstić information content (AvgIpc) is 2.22. The Morgan fingerprint density at radius 2 is 2.06 bits per heavy atom. The maximum absolute atomic E-state index is 13.5. The molecule has 1 rings (SSSR count). The fourth-order valence-corrected chi connectivity index (χ4v) is 1.88. The van der Waals surface area contributed by atoms with Crippen molar-refractivity contribution >= 4 is 0 Å². The minimum absolute atomic E-state index is 0.0787. The zero-order chi connectivity index (χ0) is 12.1. The largest absolute Gasteiger partial charge is 0.207 e. The number of nitrogens with zero attached hydrogens (tertiary/aromatic N) is 1. The summed E-state index contributed by atoms with van der Waals surface area (Å²) >= 11 is 0. The van der Waals surface area contributed by atoms with Gasteiger partial charge in [-0.2, -0.15) is 5.26 Å². The standard InChI is InChI=1S/C13H15F2N/c1-3-4-9(2)12(8-16)11-6-5-10(14)7-13(11)15/h5-7,9,12H,3-4H2,1-2H3. The van der Waals surface area contributed by atoms with Gasteiger partial charge in [-0.15, -0.1) is 0 Å². The highest BCUT2D eigenvalue weighted by Crippen LogP contribution is 2.29. The van der Waals surface area contributed by atoms with E-state index in [1.165, 1.54) is 12.1 Å². The van der Waals surface area contributed by atoms with Gasteiger partial charge in [0.1, 0.15) is 11.6 Å². The van der Waals surface area contributed by atoms with Crippen LogP contribution in [0.2, 0.25) is 0 Å². The Balaban J connectivity index is 3.00. The van der Waals surface area contributed by atoms with Gasteiger partial charge in [0.2, 0.25) is 0 Å². The molecule has 1 nitrogen and oxygen atoms in total. The van der Waals surface area contributed by atoms with Gasteiger partial charge in [-0.3, -0.25) is 0 Å². The Hall–Kier alpha value is -1.43. The third kappa shape index (κ3) is 2.79. The first kappa shape index (κ1) is 12.6. The van der Waals surface area contributed by atoms with E-state index in [9.17, 15) is 8.78 Å². The van der Waals surface area contributed by atoms with Crippen LogP contribution in [-0.2, 0) is 0 Å². The van der Waals surface area contributed by atoms with Crippen molar-refractivity contribution in [3.05, 3.63) is 35.4 Å². The van der Waals surface area contributed by atoms with Gasteiger partial charge in [-0.25, -0.2) is 8.78 Å². The molecule has 16 heavy (non-hydrogen) atoms. The summed E-state index contributed by atoms with van der Waals surface area (Å²) < 4.78 is 26.2. The molecule has 0 aliphatic heterocycles. The van der Waals surface area contributed by atoms with Gasteiger partial charge >= 0.3 is 0 Å². The summed E-state index contributed by atoms with van der Waals surface area (Å²) in [5.41, 5.74) is 0.296. The lowest BCUT2D eigenvalue weighted by molar-refractivity contribution is 0.464. The van der Waals surface area contributed by atoms with E-state index in [-0.39, 0.29) is 5.92 Å². The Morgan fingerprint density at radius 3 is 2.56 bits per heavy atom. The quantitative estimate of drug-likeness (QED) is 0.756. The summed E-state index contributed by atoms with van der Waals surface area (Å²) in [5, 5.41) is 9.06. The number of hydrogen-bond donors (Lipinski definition) is 0. The predicted octanol–water partition coefficient (Wildman–Crippen LogP) is 4.01. The number of benzene rings is 1. The van der Waals surface area contributed by atoms with E-state index in [1.807, 2.05) is 13.8 Å². The van der Waals surface area contributed by atoms with Crippen LogP contribution in [0.15, 0.2) is 18.2 Å². The van der Waals surface area contributed by atoms with Gasteiger partial charge in [0.15, 0.2) is 0 Å². The molecule has 1 aromatic rings.